The molecule has 5 nitrogen and oxygen atoms in total. The molecule has 1 N–H and O–H groups in total. The molecule has 0 aliphatic carbocycles. The van der Waals surface area contributed by atoms with Crippen LogP contribution >= 0.6 is 46.3 Å². The second kappa shape index (κ2) is 8.61. The fourth-order valence-corrected chi connectivity index (χ4v) is 6.91. The number of nitrogens with one attached hydrogen (secondary N) is 1. The molecule has 1 aromatic carbocycles. The maximum atomic E-state index is 12.9. The molecule has 1 fully saturated rings. The van der Waals surface area contributed by atoms with Crippen LogP contribution in [0.3, 0.4) is 0 Å². The van der Waals surface area contributed by atoms with Crippen LogP contribution in [0.5, 0.6) is 0 Å². The van der Waals surface area contributed by atoms with Crippen LogP contribution in [0, 0.1) is 6.92 Å². The van der Waals surface area contributed by atoms with Gasteiger partial charge in [-0.3, -0.25) is 9.52 Å². The number of rotatable bonds is 5. The molecule has 0 bridgehead atoms. The molecule has 0 unspecified atom stereocenters. The number of nitrogens with zero attached hydrogens (tertiary/aromatic N) is 1. The van der Waals surface area contributed by atoms with Crippen molar-refractivity contribution in [3.63, 3.8) is 0 Å². The van der Waals surface area contributed by atoms with Gasteiger partial charge >= 0.3 is 0 Å². The number of aryl methyl sites for hydroxylation is 1. The summed E-state index contributed by atoms with van der Waals surface area (Å²) in [5.74, 6) is 1.88. The molecule has 1 aliphatic heterocycles. The highest BCUT2D eigenvalue weighted by atomic mass is 35.5. The molecule has 0 radical (unpaired) electrons. The minimum absolute atomic E-state index is 0.00912. The smallest absolute Gasteiger partial charge is 0.263 e. The Kier molecular flexibility index (Phi) is 6.63. The summed E-state index contributed by atoms with van der Waals surface area (Å²) in [6.45, 7) is 3.10. The molecule has 2 heterocycles. The average Bonchev–Trinajstić information content (AvgIpc) is 3.00. The Morgan fingerprint density at radius 3 is 2.59 bits per heavy atom. The van der Waals surface area contributed by atoms with E-state index in [2.05, 4.69) is 4.72 Å². The molecule has 0 spiro atoms. The molecule has 3 rings (SSSR count). The predicted octanol–water partition coefficient (Wildman–Crippen LogP) is 4.28. The number of hydrogen-bond donors (Lipinski definition) is 1. The predicted molar refractivity (Wildman–Crippen MR) is 114 cm³/mol. The van der Waals surface area contributed by atoms with Crippen LogP contribution in [0.4, 0.5) is 5.69 Å². The molecule has 10 heteroatoms. The van der Waals surface area contributed by atoms with Crippen molar-refractivity contribution in [2.24, 2.45) is 0 Å². The SMILES string of the molecule is Cc1cc(Cl)cc(Cl)c1S(=O)(=O)Nc1cscc1CC(=O)N1CCSCC1. The highest BCUT2D eigenvalue weighted by molar-refractivity contribution is 7.99. The molecule has 1 aromatic heterocycles. The van der Waals surface area contributed by atoms with Crippen LogP contribution in [0.25, 0.3) is 0 Å². The van der Waals surface area contributed by atoms with Crippen molar-refractivity contribution in [2.75, 3.05) is 29.3 Å². The van der Waals surface area contributed by atoms with Crippen molar-refractivity contribution in [2.45, 2.75) is 18.2 Å². The van der Waals surface area contributed by atoms with E-state index >= 15 is 0 Å². The summed E-state index contributed by atoms with van der Waals surface area (Å²) in [4.78, 5) is 14.3. The second-order valence-electron chi connectivity index (χ2n) is 6.12. The van der Waals surface area contributed by atoms with Gasteiger partial charge in [0.1, 0.15) is 4.90 Å². The van der Waals surface area contributed by atoms with Gasteiger partial charge < -0.3 is 4.90 Å². The van der Waals surface area contributed by atoms with Gasteiger partial charge in [-0.15, -0.1) is 11.3 Å². The molecular weight excluding hydrogens is 447 g/mol. The summed E-state index contributed by atoms with van der Waals surface area (Å²) in [6, 6.07) is 2.95. The van der Waals surface area contributed by atoms with Crippen LogP contribution in [0.15, 0.2) is 27.8 Å². The lowest BCUT2D eigenvalue weighted by Gasteiger charge is -2.26. The first kappa shape index (κ1) is 20.8. The molecule has 2 aromatic rings. The number of carbonyl (C=O) groups excluding carboxylic acids is 1. The lowest BCUT2D eigenvalue weighted by Crippen LogP contribution is -2.38. The molecule has 1 amide bonds. The van der Waals surface area contributed by atoms with Gasteiger partial charge in [-0.2, -0.15) is 11.8 Å². The van der Waals surface area contributed by atoms with Crippen LogP contribution in [0.1, 0.15) is 11.1 Å². The van der Waals surface area contributed by atoms with Gasteiger partial charge in [-0.1, -0.05) is 23.2 Å². The molecular formula is C17H18Cl2N2O3S3. The number of carbonyl (C=O) groups is 1. The maximum absolute atomic E-state index is 12.9. The standard InChI is InChI=1S/C17H18Cl2N2O3S3/c1-11-6-13(18)8-14(19)17(11)27(23,24)20-15-10-26-9-12(15)7-16(22)21-2-4-25-5-3-21/h6,8-10,20H,2-5,7H2,1H3. The lowest BCUT2D eigenvalue weighted by molar-refractivity contribution is -0.130. The minimum Gasteiger partial charge on any atom is -0.341 e. The largest absolute Gasteiger partial charge is 0.341 e. The van der Waals surface area contributed by atoms with Gasteiger partial charge in [-0.05, 0) is 35.6 Å². The molecule has 146 valence electrons. The molecule has 27 heavy (non-hydrogen) atoms. The number of halogens is 2. The Balaban J connectivity index is 1.81. The number of thioether (sulfide) groups is 1. The van der Waals surface area contributed by atoms with Crippen molar-refractivity contribution < 1.29 is 13.2 Å². The third-order valence-electron chi connectivity index (χ3n) is 4.15. The fourth-order valence-electron chi connectivity index (χ4n) is 2.86. The topological polar surface area (TPSA) is 66.5 Å². The summed E-state index contributed by atoms with van der Waals surface area (Å²) in [7, 11) is -3.91. The molecule has 1 aliphatic rings. The van der Waals surface area contributed by atoms with Crippen molar-refractivity contribution in [3.8, 4) is 0 Å². The van der Waals surface area contributed by atoms with E-state index in [0.29, 0.717) is 21.8 Å². The second-order valence-corrected chi connectivity index (χ2v) is 10.6. The van der Waals surface area contributed by atoms with Gasteiger partial charge in [-0.25, -0.2) is 8.42 Å². The van der Waals surface area contributed by atoms with Gasteiger partial charge in [0.05, 0.1) is 17.1 Å². The van der Waals surface area contributed by atoms with Gasteiger partial charge in [0.2, 0.25) is 5.91 Å². The van der Waals surface area contributed by atoms with Crippen molar-refractivity contribution in [1.82, 2.24) is 4.90 Å². The van der Waals surface area contributed by atoms with Crippen LogP contribution < -0.4 is 4.72 Å². The summed E-state index contributed by atoms with van der Waals surface area (Å²) >= 11 is 15.2. The van der Waals surface area contributed by atoms with Crippen LogP contribution in [0.2, 0.25) is 10.0 Å². The van der Waals surface area contributed by atoms with Crippen molar-refractivity contribution in [1.29, 1.82) is 0 Å². The normalized spacial score (nSPS) is 15.0. The van der Waals surface area contributed by atoms with E-state index in [-0.39, 0.29) is 22.2 Å². The molecule has 0 saturated carbocycles. The van der Waals surface area contributed by atoms with Gasteiger partial charge in [0.25, 0.3) is 10.0 Å². The first-order chi connectivity index (χ1) is 12.8. The van der Waals surface area contributed by atoms with Gasteiger partial charge in [0, 0.05) is 35.0 Å². The monoisotopic (exact) mass is 464 g/mol. The Hall–Kier alpha value is -0.930. The third kappa shape index (κ3) is 4.92. The van der Waals surface area contributed by atoms with Crippen molar-refractivity contribution in [3.05, 3.63) is 44.1 Å². The van der Waals surface area contributed by atoms with E-state index < -0.39 is 10.0 Å². The van der Waals surface area contributed by atoms with Gasteiger partial charge in [0.15, 0.2) is 0 Å². The fraction of sp³-hybridized carbons (Fsp3) is 0.353. The number of thiophene rings is 1. The quantitative estimate of drug-likeness (QED) is 0.716. The van der Waals surface area contributed by atoms with E-state index in [4.69, 9.17) is 23.2 Å². The average molecular weight is 465 g/mol. The summed E-state index contributed by atoms with van der Waals surface area (Å²) < 4.78 is 28.3. The number of amides is 1. The Morgan fingerprint density at radius 1 is 1.22 bits per heavy atom. The first-order valence-corrected chi connectivity index (χ1v) is 12.5. The first-order valence-electron chi connectivity index (χ1n) is 8.17. The number of benzene rings is 1. The number of anilines is 1. The zero-order chi connectivity index (χ0) is 19.6. The van der Waals surface area contributed by atoms with E-state index in [1.807, 2.05) is 16.7 Å². The highest BCUT2D eigenvalue weighted by Gasteiger charge is 2.24. The summed E-state index contributed by atoms with van der Waals surface area (Å²) in [6.07, 6.45) is 0.166. The number of sulfonamides is 1. The summed E-state index contributed by atoms with van der Waals surface area (Å²) in [5, 5.41) is 3.92. The third-order valence-corrected chi connectivity index (χ3v) is 8.09. The number of hydrogen-bond acceptors (Lipinski definition) is 5. The minimum atomic E-state index is -3.91. The Labute approximate surface area is 177 Å². The van der Waals surface area contributed by atoms with E-state index in [1.54, 1.807) is 23.8 Å². The van der Waals surface area contributed by atoms with E-state index in [9.17, 15) is 13.2 Å². The van der Waals surface area contributed by atoms with Crippen LogP contribution in [-0.4, -0.2) is 43.8 Å². The van der Waals surface area contributed by atoms with Crippen molar-refractivity contribution >= 4 is 67.9 Å². The molecule has 1 saturated heterocycles. The Bertz CT molecular complexity index is 931. The van der Waals surface area contributed by atoms with E-state index in [0.717, 1.165) is 24.6 Å². The molecule has 0 atom stereocenters. The zero-order valence-corrected chi connectivity index (χ0v) is 18.5. The maximum Gasteiger partial charge on any atom is 0.263 e. The highest BCUT2D eigenvalue weighted by Crippen LogP contribution is 2.32. The van der Waals surface area contributed by atoms with E-state index in [1.165, 1.54) is 17.4 Å². The Morgan fingerprint density at radius 2 is 1.93 bits per heavy atom. The lowest BCUT2D eigenvalue weighted by atomic mass is 10.2. The zero-order valence-electron chi connectivity index (χ0n) is 14.5. The summed E-state index contributed by atoms with van der Waals surface area (Å²) in [5.41, 5.74) is 1.53. The van der Waals surface area contributed by atoms with Crippen LogP contribution in [-0.2, 0) is 21.2 Å².